The van der Waals surface area contributed by atoms with Gasteiger partial charge < -0.3 is 5.32 Å². The highest BCUT2D eigenvalue weighted by atomic mass is 35.5. The first-order valence-corrected chi connectivity index (χ1v) is 7.54. The van der Waals surface area contributed by atoms with Crippen LogP contribution in [0.2, 0.25) is 5.02 Å². The minimum absolute atomic E-state index is 0.111. The van der Waals surface area contributed by atoms with E-state index in [-0.39, 0.29) is 5.66 Å². The second-order valence-corrected chi connectivity index (χ2v) is 5.76. The van der Waals surface area contributed by atoms with Crippen LogP contribution < -0.4 is 15.8 Å². The quantitative estimate of drug-likeness (QED) is 0.808. The van der Waals surface area contributed by atoms with Crippen LogP contribution in [0.3, 0.4) is 0 Å². The van der Waals surface area contributed by atoms with Crippen LogP contribution in [0.5, 0.6) is 0 Å². The Kier molecular flexibility index (Phi) is 4.66. The van der Waals surface area contributed by atoms with Crippen molar-refractivity contribution in [3.8, 4) is 0 Å². The summed E-state index contributed by atoms with van der Waals surface area (Å²) in [6, 6.07) is 7.69. The third-order valence-corrected chi connectivity index (χ3v) is 3.85. The average Bonchev–Trinajstić information content (AvgIpc) is 2.68. The average molecular weight is 298 g/mol. The Morgan fingerprint density at radius 2 is 1.74 bits per heavy atom. The first kappa shape index (κ1) is 14.6. The van der Waals surface area contributed by atoms with Gasteiger partial charge in [0.15, 0.2) is 5.11 Å². The number of benzene rings is 1. The van der Waals surface area contributed by atoms with E-state index in [0.717, 1.165) is 41.5 Å². The molecule has 0 atom stereocenters. The molecule has 0 saturated carbocycles. The van der Waals surface area contributed by atoms with E-state index in [9.17, 15) is 0 Å². The number of anilines is 1. The number of thiocarbonyl (C=S) groups is 1. The molecule has 1 heterocycles. The Balaban J connectivity index is 2.20. The smallest absolute Gasteiger partial charge is 0.189 e. The van der Waals surface area contributed by atoms with Crippen LogP contribution in [-0.4, -0.2) is 10.8 Å². The van der Waals surface area contributed by atoms with Gasteiger partial charge in [0.2, 0.25) is 0 Å². The summed E-state index contributed by atoms with van der Waals surface area (Å²) < 4.78 is 0. The van der Waals surface area contributed by atoms with E-state index < -0.39 is 0 Å². The molecular weight excluding hydrogens is 278 g/mol. The zero-order chi connectivity index (χ0) is 13.9. The summed E-state index contributed by atoms with van der Waals surface area (Å²) >= 11 is 11.4. The van der Waals surface area contributed by atoms with Crippen molar-refractivity contribution in [2.75, 3.05) is 5.01 Å². The summed E-state index contributed by atoms with van der Waals surface area (Å²) in [6.07, 6.45) is 4.31. The first-order chi connectivity index (χ1) is 9.10. The number of nitrogens with zero attached hydrogens (tertiary/aromatic N) is 1. The number of hydrogen-bond donors (Lipinski definition) is 2. The van der Waals surface area contributed by atoms with Gasteiger partial charge in [-0.1, -0.05) is 38.3 Å². The molecule has 1 saturated heterocycles. The molecule has 0 bridgehead atoms. The van der Waals surface area contributed by atoms with E-state index in [4.69, 9.17) is 23.8 Å². The van der Waals surface area contributed by atoms with Crippen LogP contribution in [0.15, 0.2) is 24.3 Å². The fraction of sp³-hybridized carbons (Fsp3) is 0.500. The van der Waals surface area contributed by atoms with Crippen molar-refractivity contribution in [2.45, 2.75) is 45.2 Å². The minimum Gasteiger partial charge on any atom is -0.342 e. The van der Waals surface area contributed by atoms with Gasteiger partial charge in [0.1, 0.15) is 5.66 Å². The zero-order valence-electron chi connectivity index (χ0n) is 11.4. The minimum atomic E-state index is -0.111. The molecule has 0 spiro atoms. The van der Waals surface area contributed by atoms with Gasteiger partial charge in [0, 0.05) is 5.02 Å². The number of hydrazine groups is 1. The maximum Gasteiger partial charge on any atom is 0.189 e. The lowest BCUT2D eigenvalue weighted by Gasteiger charge is -2.29. The maximum absolute atomic E-state index is 5.92. The molecule has 1 aromatic carbocycles. The predicted molar refractivity (Wildman–Crippen MR) is 85.3 cm³/mol. The van der Waals surface area contributed by atoms with Gasteiger partial charge in [-0.2, -0.15) is 0 Å². The Labute approximate surface area is 125 Å². The molecule has 0 aliphatic carbocycles. The molecule has 0 aromatic heterocycles. The van der Waals surface area contributed by atoms with E-state index in [1.165, 1.54) is 0 Å². The highest BCUT2D eigenvalue weighted by Crippen LogP contribution is 2.26. The second kappa shape index (κ2) is 6.07. The molecular formula is C14H20ClN3S. The first-order valence-electron chi connectivity index (χ1n) is 6.76. The molecule has 104 valence electrons. The zero-order valence-corrected chi connectivity index (χ0v) is 12.9. The van der Waals surface area contributed by atoms with Crippen molar-refractivity contribution in [3.63, 3.8) is 0 Å². The fourth-order valence-electron chi connectivity index (χ4n) is 2.54. The molecule has 2 N–H and O–H groups in total. The number of halogens is 1. The van der Waals surface area contributed by atoms with Gasteiger partial charge in [-0.15, -0.1) is 0 Å². The number of hydrogen-bond acceptors (Lipinski definition) is 2. The van der Waals surface area contributed by atoms with Crippen LogP contribution in [0.1, 0.15) is 39.5 Å². The van der Waals surface area contributed by atoms with E-state index in [0.29, 0.717) is 0 Å². The molecule has 5 heteroatoms. The molecule has 0 unspecified atom stereocenters. The van der Waals surface area contributed by atoms with E-state index >= 15 is 0 Å². The van der Waals surface area contributed by atoms with Crippen LogP contribution in [0, 0.1) is 0 Å². The standard InChI is InChI=1S/C14H20ClN3S/c1-3-9-14(10-4-2)16-13(19)18(17-14)12-7-5-11(15)6-8-12/h5-8,17H,3-4,9-10H2,1-2H3,(H,16,19). The van der Waals surface area contributed by atoms with E-state index in [1.54, 1.807) is 0 Å². The van der Waals surface area contributed by atoms with Crippen LogP contribution >= 0.6 is 23.8 Å². The fourth-order valence-corrected chi connectivity index (χ4v) is 3.01. The molecule has 19 heavy (non-hydrogen) atoms. The highest BCUT2D eigenvalue weighted by Gasteiger charge is 2.38. The van der Waals surface area contributed by atoms with Gasteiger partial charge in [-0.05, 0) is 49.3 Å². The van der Waals surface area contributed by atoms with Crippen molar-refractivity contribution < 1.29 is 0 Å². The van der Waals surface area contributed by atoms with Crippen molar-refractivity contribution in [1.29, 1.82) is 0 Å². The van der Waals surface area contributed by atoms with Gasteiger partial charge >= 0.3 is 0 Å². The van der Waals surface area contributed by atoms with E-state index in [1.807, 2.05) is 29.3 Å². The topological polar surface area (TPSA) is 27.3 Å². The summed E-state index contributed by atoms with van der Waals surface area (Å²) in [6.45, 7) is 4.38. The molecule has 0 radical (unpaired) electrons. The van der Waals surface area contributed by atoms with Crippen molar-refractivity contribution in [2.24, 2.45) is 0 Å². The molecule has 0 amide bonds. The van der Waals surface area contributed by atoms with Crippen molar-refractivity contribution in [1.82, 2.24) is 10.7 Å². The Hall–Kier alpha value is -0.840. The number of rotatable bonds is 5. The lowest BCUT2D eigenvalue weighted by Crippen LogP contribution is -2.51. The van der Waals surface area contributed by atoms with Gasteiger partial charge in [0.05, 0.1) is 5.69 Å². The lowest BCUT2D eigenvalue weighted by molar-refractivity contribution is 0.286. The van der Waals surface area contributed by atoms with E-state index in [2.05, 4.69) is 24.6 Å². The summed E-state index contributed by atoms with van der Waals surface area (Å²) in [5.41, 5.74) is 4.43. The number of nitrogens with one attached hydrogen (secondary N) is 2. The molecule has 1 aliphatic heterocycles. The highest BCUT2D eigenvalue weighted by molar-refractivity contribution is 7.80. The Morgan fingerprint density at radius 3 is 2.26 bits per heavy atom. The van der Waals surface area contributed by atoms with Gasteiger partial charge in [0.25, 0.3) is 0 Å². The molecule has 1 aliphatic rings. The molecule has 3 nitrogen and oxygen atoms in total. The monoisotopic (exact) mass is 297 g/mol. The summed E-state index contributed by atoms with van der Waals surface area (Å²) in [5.74, 6) is 0. The lowest BCUT2D eigenvalue weighted by atomic mass is 10.00. The van der Waals surface area contributed by atoms with Crippen LogP contribution in [-0.2, 0) is 0 Å². The van der Waals surface area contributed by atoms with Gasteiger partial charge in [-0.3, -0.25) is 5.01 Å². The normalized spacial score (nSPS) is 17.6. The molecule has 1 fully saturated rings. The third-order valence-electron chi connectivity index (χ3n) is 3.31. The Morgan fingerprint density at radius 1 is 1.16 bits per heavy atom. The van der Waals surface area contributed by atoms with Gasteiger partial charge in [-0.25, -0.2) is 5.43 Å². The van der Waals surface area contributed by atoms with Crippen LogP contribution in [0.4, 0.5) is 5.69 Å². The summed E-state index contributed by atoms with van der Waals surface area (Å²) in [4.78, 5) is 0. The van der Waals surface area contributed by atoms with Crippen molar-refractivity contribution in [3.05, 3.63) is 29.3 Å². The molecule has 2 rings (SSSR count). The third kappa shape index (κ3) is 3.19. The largest absolute Gasteiger partial charge is 0.342 e. The molecule has 1 aromatic rings. The Bertz CT molecular complexity index is 441. The van der Waals surface area contributed by atoms with Crippen LogP contribution in [0.25, 0.3) is 0 Å². The SMILES string of the molecule is CCCC1(CCC)NC(=S)N(c2ccc(Cl)cc2)N1. The van der Waals surface area contributed by atoms with Crippen molar-refractivity contribution >= 4 is 34.6 Å². The maximum atomic E-state index is 5.92. The second-order valence-electron chi connectivity index (χ2n) is 4.94. The summed E-state index contributed by atoms with van der Waals surface area (Å²) in [5, 5.41) is 6.84. The summed E-state index contributed by atoms with van der Waals surface area (Å²) in [7, 11) is 0. The predicted octanol–water partition coefficient (Wildman–Crippen LogP) is 3.84.